The Balaban J connectivity index is 0.000000363. The Kier molecular flexibility index (Phi) is 14.2. The van der Waals surface area contributed by atoms with Crippen molar-refractivity contribution in [2.24, 2.45) is 0 Å². The first-order chi connectivity index (χ1) is 17.7. The van der Waals surface area contributed by atoms with E-state index in [1.807, 2.05) is 0 Å². The van der Waals surface area contributed by atoms with Gasteiger partial charge in [-0.3, -0.25) is 0 Å². The van der Waals surface area contributed by atoms with Crippen LogP contribution in [0.15, 0.2) is 130 Å². The molecule has 0 fully saturated rings. The zero-order chi connectivity index (χ0) is 25.0. The van der Waals surface area contributed by atoms with E-state index in [0.717, 1.165) is 20.0 Å². The van der Waals surface area contributed by atoms with Crippen molar-refractivity contribution in [3.05, 3.63) is 130 Å². The van der Waals surface area contributed by atoms with Crippen LogP contribution in [-0.2, 0) is 46.3 Å². The fourth-order valence-electron chi connectivity index (χ4n) is 3.83. The van der Waals surface area contributed by atoms with Gasteiger partial charge in [0, 0.05) is 11.5 Å². The molecule has 0 spiro atoms. The molecule has 1 aliphatic rings. The van der Waals surface area contributed by atoms with Crippen LogP contribution in [-0.4, -0.2) is 23.8 Å². The molecule has 0 saturated heterocycles. The Morgan fingerprint density at radius 1 is 0.459 bits per heavy atom. The van der Waals surface area contributed by atoms with E-state index in [0.29, 0.717) is 0 Å². The predicted octanol–water partition coefficient (Wildman–Crippen LogP) is 6.94. The van der Waals surface area contributed by atoms with Crippen molar-refractivity contribution < 1.29 is 21.1 Å². The van der Waals surface area contributed by atoms with Crippen molar-refractivity contribution in [3.63, 3.8) is 0 Å². The summed E-state index contributed by atoms with van der Waals surface area (Å²) in [5.74, 6) is 2.26. The zero-order valence-corrected chi connectivity index (χ0v) is 27.5. The second-order valence-corrected chi connectivity index (χ2v) is 16.1. The summed E-state index contributed by atoms with van der Waals surface area (Å²) in [7, 11) is -0.696. The molecule has 0 nitrogen and oxygen atoms in total. The van der Waals surface area contributed by atoms with Crippen LogP contribution in [0.25, 0.3) is 0 Å². The van der Waals surface area contributed by atoms with E-state index >= 15 is 0 Å². The van der Waals surface area contributed by atoms with Gasteiger partial charge in [0.15, 0.2) is 0 Å². The number of hydrogen-bond donors (Lipinski definition) is 0. The average Bonchev–Trinajstić information content (AvgIpc) is 2.95. The van der Waals surface area contributed by atoms with E-state index in [4.69, 9.17) is 25.3 Å². The molecule has 4 aromatic rings. The van der Waals surface area contributed by atoms with Crippen LogP contribution in [0.2, 0.25) is 0 Å². The fourth-order valence-corrected chi connectivity index (χ4v) is 11.7. The minimum absolute atomic E-state index is 0. The molecule has 0 unspecified atom stereocenters. The van der Waals surface area contributed by atoms with Crippen molar-refractivity contribution in [1.29, 1.82) is 0 Å². The van der Waals surface area contributed by atoms with Crippen molar-refractivity contribution in [1.82, 2.24) is 0 Å². The van der Waals surface area contributed by atoms with Crippen molar-refractivity contribution in [3.8, 4) is 0 Å². The van der Waals surface area contributed by atoms with Crippen LogP contribution in [0, 0.1) is 0 Å². The second kappa shape index (κ2) is 17.1. The topological polar surface area (TPSA) is 0 Å². The van der Waals surface area contributed by atoms with E-state index in [2.05, 4.69) is 121 Å². The number of rotatable bonds is 7. The van der Waals surface area contributed by atoms with E-state index < -0.39 is 0 Å². The third-order valence-electron chi connectivity index (χ3n) is 5.53. The van der Waals surface area contributed by atoms with Gasteiger partial charge in [0.2, 0.25) is 0 Å². The Labute approximate surface area is 258 Å². The van der Waals surface area contributed by atoms with Crippen LogP contribution in [0.5, 0.6) is 0 Å². The maximum absolute atomic E-state index is 4.93. The molecule has 0 aliphatic carbocycles. The molecule has 0 saturated carbocycles. The van der Waals surface area contributed by atoms with Crippen molar-refractivity contribution in [2.45, 2.75) is 0 Å². The van der Waals surface area contributed by atoms with Gasteiger partial charge in [-0.1, -0.05) is 121 Å². The first kappa shape index (κ1) is 30.8. The molecule has 1 aliphatic heterocycles. The molecule has 192 valence electrons. The van der Waals surface area contributed by atoms with Gasteiger partial charge < -0.3 is 25.3 Å². The van der Waals surface area contributed by atoms with Gasteiger partial charge in [0.05, 0.1) is 0 Å². The van der Waals surface area contributed by atoms with Gasteiger partial charge in [0.25, 0.3) is 0 Å². The fraction of sp³-hybridized carbons (Fsp3) is 0.133. The average molecular weight is 774 g/mol. The van der Waals surface area contributed by atoms with E-state index in [1.165, 1.54) is 33.5 Å². The number of hydrogen-bond acceptors (Lipinski definition) is 4. The van der Waals surface area contributed by atoms with E-state index in [-0.39, 0.29) is 36.9 Å². The molecule has 0 aromatic heterocycles. The number of benzene rings is 4. The quantitative estimate of drug-likeness (QED) is 0.148. The van der Waals surface area contributed by atoms with Crippen LogP contribution < -0.4 is 21.2 Å². The minimum Gasteiger partial charge on any atom is -0.774 e. The van der Waals surface area contributed by atoms with Gasteiger partial charge >= 0.3 is 21.1 Å². The molecule has 5 rings (SSSR count). The molecule has 7 heteroatoms. The van der Waals surface area contributed by atoms with Crippen LogP contribution >= 0.6 is 39.4 Å². The molecule has 0 amide bonds. The minimum atomic E-state index is -0.348. The first-order valence-electron chi connectivity index (χ1n) is 11.8. The molecule has 0 N–H and O–H groups in total. The van der Waals surface area contributed by atoms with Crippen molar-refractivity contribution in [2.75, 3.05) is 23.8 Å². The smallest absolute Gasteiger partial charge is 0.774 e. The summed E-state index contributed by atoms with van der Waals surface area (Å²) >= 11 is 13.2. The van der Waals surface area contributed by atoms with Gasteiger partial charge in [-0.25, -0.2) is 0 Å². The summed E-state index contributed by atoms with van der Waals surface area (Å²) in [6.07, 6.45) is 2.41. The maximum atomic E-state index is 4.93. The van der Waals surface area contributed by atoms with E-state index in [9.17, 15) is 0 Å². The third kappa shape index (κ3) is 9.77. The number of thioether (sulfide) groups is 2. The van der Waals surface area contributed by atoms with Gasteiger partial charge in [0.1, 0.15) is 0 Å². The van der Waals surface area contributed by atoms with Crippen molar-refractivity contribution >= 4 is 85.8 Å². The van der Waals surface area contributed by atoms with Gasteiger partial charge in [-0.2, -0.15) is 32.0 Å². The Morgan fingerprint density at radius 3 is 0.919 bits per heavy atom. The molecule has 0 atom stereocenters. The Morgan fingerprint density at radius 2 is 0.703 bits per heavy atom. The zero-order valence-electron chi connectivity index (χ0n) is 20.2. The largest absolute Gasteiger partial charge is 2.00 e. The van der Waals surface area contributed by atoms with Gasteiger partial charge in [-0.15, -0.1) is 0 Å². The normalized spacial score (nSPS) is 13.0. The van der Waals surface area contributed by atoms with Crippen LogP contribution in [0.4, 0.5) is 0 Å². The Hall–Kier alpha value is -0.692. The monoisotopic (exact) mass is 773 g/mol. The summed E-state index contributed by atoms with van der Waals surface area (Å²) in [6.45, 7) is 0. The molecule has 37 heavy (non-hydrogen) atoms. The summed E-state index contributed by atoms with van der Waals surface area (Å²) < 4.78 is 1.83. The van der Waals surface area contributed by atoms with Crippen LogP contribution in [0.3, 0.4) is 0 Å². The molecular weight excluding hydrogens is 746 g/mol. The maximum Gasteiger partial charge on any atom is 2.00 e. The molecule has 0 radical (unpaired) electrons. The summed E-state index contributed by atoms with van der Waals surface area (Å²) in [5.41, 5.74) is 0. The third-order valence-corrected chi connectivity index (χ3v) is 14.6. The summed E-state index contributed by atoms with van der Waals surface area (Å²) in [4.78, 5) is 0. The SMILES string of the molecule is [Pt+2].[S-]C1=C([S-])SCCS1.c1ccc(P(CCP(c2ccccc2)c2ccccc2)c2ccccc2)cc1. The predicted molar refractivity (Wildman–Crippen MR) is 175 cm³/mol. The summed E-state index contributed by atoms with van der Waals surface area (Å²) in [6, 6.07) is 44.2. The molecule has 0 bridgehead atoms. The molecular formula is C30H28P2PtS4. The van der Waals surface area contributed by atoms with Crippen LogP contribution in [0.1, 0.15) is 0 Å². The Bertz CT molecular complexity index is 1030. The summed E-state index contributed by atoms with van der Waals surface area (Å²) in [5, 5.41) is 5.89. The molecule has 4 aromatic carbocycles. The standard InChI is InChI=1S/C26H24P2.C4H6S4.Pt/c1-5-13-23(14-6-1)27(24-15-7-2-8-16-24)21-22-28(25-17-9-3-10-18-25)26-19-11-4-12-20-26;5-3-4(6)8-2-1-7-3;/h1-20H,21-22H2;5-6H,1-2H2;/q;;+2/p-2. The molecule has 1 heterocycles. The van der Waals surface area contributed by atoms with E-state index in [1.54, 1.807) is 23.5 Å². The van der Waals surface area contributed by atoms with Gasteiger partial charge in [-0.05, 0) is 49.4 Å². The first-order valence-corrected chi connectivity index (χ1v) is 17.7. The second-order valence-electron chi connectivity index (χ2n) is 7.92.